The second-order valence-corrected chi connectivity index (χ2v) is 4.58. The number of hydrogen-bond acceptors (Lipinski definition) is 6. The summed E-state index contributed by atoms with van der Waals surface area (Å²) in [6.07, 6.45) is 1.71. The van der Waals surface area contributed by atoms with Crippen LogP contribution in [0, 0.1) is 0 Å². The number of nitrogen functional groups attached to an aromatic ring is 1. The van der Waals surface area contributed by atoms with E-state index >= 15 is 0 Å². The highest BCUT2D eigenvalue weighted by atomic mass is 16.5. The molecule has 0 amide bonds. The lowest BCUT2D eigenvalue weighted by atomic mass is 10.2. The molecule has 1 aromatic carbocycles. The van der Waals surface area contributed by atoms with Gasteiger partial charge in [-0.25, -0.2) is 4.98 Å². The molecule has 2 aromatic rings. The van der Waals surface area contributed by atoms with Crippen LogP contribution in [0.25, 0.3) is 0 Å². The third-order valence-electron chi connectivity index (χ3n) is 3.04. The van der Waals surface area contributed by atoms with Gasteiger partial charge in [-0.05, 0) is 37.1 Å². The second-order valence-electron chi connectivity index (χ2n) is 4.58. The number of aryl methyl sites for hydroxylation is 2. The zero-order valence-corrected chi connectivity index (χ0v) is 12.5. The van der Waals surface area contributed by atoms with Gasteiger partial charge >= 0.3 is 0 Å². The number of hydrogen-bond donors (Lipinski definition) is 2. The number of nitrogens with one attached hydrogen (secondary N) is 1. The van der Waals surface area contributed by atoms with Crippen molar-refractivity contribution in [3.63, 3.8) is 0 Å². The number of anilines is 2. The van der Waals surface area contributed by atoms with Gasteiger partial charge in [0.1, 0.15) is 12.4 Å². The van der Waals surface area contributed by atoms with Crippen LogP contribution in [-0.4, -0.2) is 28.3 Å². The molecule has 0 aliphatic heterocycles. The lowest BCUT2D eigenvalue weighted by molar-refractivity contribution is 0.332. The monoisotopic (exact) mass is 287 g/mol. The van der Waals surface area contributed by atoms with E-state index in [0.29, 0.717) is 19.1 Å². The highest BCUT2D eigenvalue weighted by molar-refractivity contribution is 5.41. The topological polar surface area (TPSA) is 86.0 Å². The Hall–Kier alpha value is -2.37. The summed E-state index contributed by atoms with van der Waals surface area (Å²) in [5.74, 6) is 1.34. The number of ether oxygens (including phenoxy) is 1. The molecule has 0 unspecified atom stereocenters. The van der Waals surface area contributed by atoms with E-state index in [9.17, 15) is 0 Å². The predicted octanol–water partition coefficient (Wildman–Crippen LogP) is 2.07. The Morgan fingerprint density at radius 2 is 1.76 bits per heavy atom. The molecule has 21 heavy (non-hydrogen) atoms. The second kappa shape index (κ2) is 7.42. The molecular formula is C15H21N5O. The minimum absolute atomic E-state index is 0.518. The number of aromatic nitrogens is 3. The van der Waals surface area contributed by atoms with Crippen molar-refractivity contribution in [2.75, 3.05) is 24.2 Å². The highest BCUT2D eigenvalue weighted by Crippen LogP contribution is 2.12. The molecule has 1 heterocycles. The maximum atomic E-state index is 5.62. The molecule has 0 bridgehead atoms. The Balaban J connectivity index is 1.82. The highest BCUT2D eigenvalue weighted by Gasteiger charge is 2.05. The van der Waals surface area contributed by atoms with Crippen LogP contribution in [0.15, 0.2) is 24.3 Å². The Kier molecular flexibility index (Phi) is 5.31. The summed E-state index contributed by atoms with van der Waals surface area (Å²) in [5.41, 5.74) is 8.30. The van der Waals surface area contributed by atoms with Crippen LogP contribution in [0.1, 0.15) is 25.2 Å². The van der Waals surface area contributed by atoms with Gasteiger partial charge in [0.15, 0.2) is 0 Å². The van der Waals surface area contributed by atoms with Gasteiger partial charge in [0.2, 0.25) is 5.95 Å². The van der Waals surface area contributed by atoms with Crippen molar-refractivity contribution in [2.45, 2.75) is 26.7 Å². The molecule has 2 rings (SSSR count). The van der Waals surface area contributed by atoms with E-state index in [1.165, 1.54) is 0 Å². The normalized spacial score (nSPS) is 10.4. The molecule has 0 saturated carbocycles. The molecule has 6 heteroatoms. The van der Waals surface area contributed by atoms with Gasteiger partial charge in [0, 0.05) is 5.69 Å². The minimum Gasteiger partial charge on any atom is -0.492 e. The van der Waals surface area contributed by atoms with E-state index < -0.39 is 0 Å². The van der Waals surface area contributed by atoms with E-state index in [1.807, 2.05) is 24.3 Å². The number of benzene rings is 1. The fourth-order valence-electron chi connectivity index (χ4n) is 1.91. The zero-order chi connectivity index (χ0) is 15.1. The van der Waals surface area contributed by atoms with Crippen molar-refractivity contribution in [1.29, 1.82) is 0 Å². The first-order chi connectivity index (χ1) is 10.2. The lowest BCUT2D eigenvalue weighted by Gasteiger charge is -2.09. The Morgan fingerprint density at radius 3 is 2.43 bits per heavy atom. The van der Waals surface area contributed by atoms with Crippen molar-refractivity contribution in [3.8, 4) is 5.75 Å². The van der Waals surface area contributed by atoms with E-state index in [0.717, 1.165) is 35.7 Å². The first kappa shape index (κ1) is 15.0. The summed E-state index contributed by atoms with van der Waals surface area (Å²) in [6.45, 7) is 5.25. The van der Waals surface area contributed by atoms with E-state index in [4.69, 9.17) is 10.5 Å². The molecule has 3 N–H and O–H groups in total. The van der Waals surface area contributed by atoms with Crippen LogP contribution in [0.3, 0.4) is 0 Å². The molecule has 0 fully saturated rings. The maximum absolute atomic E-state index is 5.62. The summed E-state index contributed by atoms with van der Waals surface area (Å²) < 4.78 is 5.59. The number of nitrogens with two attached hydrogens (primary N) is 1. The van der Waals surface area contributed by atoms with Gasteiger partial charge < -0.3 is 15.8 Å². The molecule has 0 saturated heterocycles. The summed E-state index contributed by atoms with van der Waals surface area (Å²) in [4.78, 5) is 4.46. The van der Waals surface area contributed by atoms with E-state index in [1.54, 1.807) is 0 Å². The van der Waals surface area contributed by atoms with Crippen LogP contribution in [0.4, 0.5) is 11.6 Å². The SMILES string of the molecule is CCc1nnc(NCCOc2ccc(N)cc2)nc1CC. The molecule has 0 aliphatic rings. The molecule has 112 valence electrons. The minimum atomic E-state index is 0.518. The third-order valence-corrected chi connectivity index (χ3v) is 3.04. The van der Waals surface area contributed by atoms with Gasteiger partial charge in [-0.3, -0.25) is 0 Å². The average Bonchev–Trinajstić information content (AvgIpc) is 2.53. The first-order valence-corrected chi connectivity index (χ1v) is 7.17. The average molecular weight is 287 g/mol. The summed E-state index contributed by atoms with van der Waals surface area (Å²) in [7, 11) is 0. The van der Waals surface area contributed by atoms with Gasteiger partial charge in [-0.2, -0.15) is 5.10 Å². The smallest absolute Gasteiger partial charge is 0.243 e. The first-order valence-electron chi connectivity index (χ1n) is 7.17. The number of rotatable bonds is 7. The third kappa shape index (κ3) is 4.30. The van der Waals surface area contributed by atoms with E-state index in [-0.39, 0.29) is 0 Å². The summed E-state index contributed by atoms with van der Waals surface area (Å²) >= 11 is 0. The van der Waals surface area contributed by atoms with Gasteiger partial charge in [-0.1, -0.05) is 13.8 Å². The Morgan fingerprint density at radius 1 is 1.05 bits per heavy atom. The summed E-state index contributed by atoms with van der Waals surface area (Å²) in [5, 5.41) is 11.4. The van der Waals surface area contributed by atoms with E-state index in [2.05, 4.69) is 34.3 Å². The van der Waals surface area contributed by atoms with Crippen molar-refractivity contribution in [2.24, 2.45) is 0 Å². The molecule has 0 aliphatic carbocycles. The fourth-order valence-corrected chi connectivity index (χ4v) is 1.91. The van der Waals surface area contributed by atoms with Crippen LogP contribution < -0.4 is 15.8 Å². The molecular weight excluding hydrogens is 266 g/mol. The molecule has 0 radical (unpaired) electrons. The van der Waals surface area contributed by atoms with Gasteiger partial charge in [0.05, 0.1) is 17.9 Å². The molecule has 1 aromatic heterocycles. The maximum Gasteiger partial charge on any atom is 0.243 e. The standard InChI is InChI=1S/C15H21N5O/c1-3-13-14(4-2)19-20-15(18-13)17-9-10-21-12-7-5-11(16)6-8-12/h5-8H,3-4,9-10,16H2,1-2H3,(H,17,18,20). The molecule has 0 spiro atoms. The van der Waals surface area contributed by atoms with Crippen LogP contribution in [0.2, 0.25) is 0 Å². The molecule has 6 nitrogen and oxygen atoms in total. The van der Waals surface area contributed by atoms with Crippen LogP contribution >= 0.6 is 0 Å². The van der Waals surface area contributed by atoms with Gasteiger partial charge in [0.25, 0.3) is 0 Å². The van der Waals surface area contributed by atoms with Crippen molar-refractivity contribution in [1.82, 2.24) is 15.2 Å². The van der Waals surface area contributed by atoms with Crippen molar-refractivity contribution in [3.05, 3.63) is 35.7 Å². The fraction of sp³-hybridized carbons (Fsp3) is 0.400. The Labute approximate surface area is 124 Å². The van der Waals surface area contributed by atoms with Crippen molar-refractivity contribution >= 4 is 11.6 Å². The quantitative estimate of drug-likeness (QED) is 0.599. The van der Waals surface area contributed by atoms with Gasteiger partial charge in [-0.15, -0.1) is 5.10 Å². The molecule has 0 atom stereocenters. The number of nitrogens with zero attached hydrogens (tertiary/aromatic N) is 3. The zero-order valence-electron chi connectivity index (χ0n) is 12.5. The predicted molar refractivity (Wildman–Crippen MR) is 83.4 cm³/mol. The lowest BCUT2D eigenvalue weighted by Crippen LogP contribution is -2.15. The largest absolute Gasteiger partial charge is 0.492 e. The van der Waals surface area contributed by atoms with Crippen LogP contribution in [-0.2, 0) is 12.8 Å². The van der Waals surface area contributed by atoms with Crippen LogP contribution in [0.5, 0.6) is 5.75 Å². The summed E-state index contributed by atoms with van der Waals surface area (Å²) in [6, 6.07) is 7.32. The van der Waals surface area contributed by atoms with Crippen molar-refractivity contribution < 1.29 is 4.74 Å². The Bertz CT molecular complexity index is 571.